The van der Waals surface area contributed by atoms with Gasteiger partial charge in [0, 0.05) is 41.5 Å². The summed E-state index contributed by atoms with van der Waals surface area (Å²) in [4.78, 5) is 14.4. The van der Waals surface area contributed by atoms with E-state index in [4.69, 9.17) is 15.9 Å². The number of nitrogens with one attached hydrogen (secondary N) is 1. The lowest BCUT2D eigenvalue weighted by atomic mass is 10.1. The molecule has 0 aliphatic rings. The molecule has 4 N–H and O–H groups in total. The summed E-state index contributed by atoms with van der Waals surface area (Å²) >= 11 is 0. The molecule has 0 bridgehead atoms. The molecule has 0 amide bonds. The summed E-state index contributed by atoms with van der Waals surface area (Å²) in [5.74, 6) is -0.0957. The van der Waals surface area contributed by atoms with Crippen LogP contribution in [0, 0.1) is 5.41 Å². The Bertz CT molecular complexity index is 853. The first-order chi connectivity index (χ1) is 12.8. The third-order valence-electron chi connectivity index (χ3n) is 4.21. The lowest BCUT2D eigenvalue weighted by molar-refractivity contribution is -0.130. The van der Waals surface area contributed by atoms with Gasteiger partial charge in [-0.1, -0.05) is 0 Å². The molecule has 0 fully saturated rings. The van der Waals surface area contributed by atoms with Gasteiger partial charge in [0.2, 0.25) is 0 Å². The highest BCUT2D eigenvalue weighted by atomic mass is 16.5. The van der Waals surface area contributed by atoms with E-state index in [2.05, 4.69) is 18.7 Å². The van der Waals surface area contributed by atoms with Crippen LogP contribution in [0.1, 0.15) is 31.9 Å². The Balaban J connectivity index is 2.13. The number of benzene rings is 2. The third kappa shape index (κ3) is 5.10. The number of nitrogen functional groups attached to an aromatic ring is 1. The van der Waals surface area contributed by atoms with Crippen molar-refractivity contribution >= 4 is 23.6 Å². The van der Waals surface area contributed by atoms with Crippen molar-refractivity contribution in [3.05, 3.63) is 59.2 Å². The molecule has 0 spiro atoms. The highest BCUT2D eigenvalue weighted by Crippen LogP contribution is 2.27. The monoisotopic (exact) mass is 367 g/mol. The predicted octanol–water partition coefficient (Wildman–Crippen LogP) is 3.53. The van der Waals surface area contributed by atoms with E-state index in [1.165, 1.54) is 0 Å². The number of carbonyl (C=O) groups is 1. The number of hydrogen-bond donors (Lipinski definition) is 3. The topological polar surface area (TPSA) is 99.6 Å². The zero-order valence-electron chi connectivity index (χ0n) is 15.8. The number of ether oxygens (including phenoxy) is 1. The van der Waals surface area contributed by atoms with Gasteiger partial charge in [-0.15, -0.1) is 0 Å². The molecular weight excluding hydrogens is 342 g/mol. The molecule has 2 rings (SSSR count). The second kappa shape index (κ2) is 8.89. The molecule has 0 unspecified atom stereocenters. The Morgan fingerprint density at radius 2 is 1.81 bits per heavy atom. The van der Waals surface area contributed by atoms with Gasteiger partial charge in [0.1, 0.15) is 17.3 Å². The minimum atomic E-state index is -0.516. The van der Waals surface area contributed by atoms with E-state index >= 15 is 0 Å². The number of nitrogens with two attached hydrogens (primary N) is 1. The smallest absolute Gasteiger partial charge is 0.339 e. The van der Waals surface area contributed by atoms with Gasteiger partial charge in [-0.05, 0) is 63.2 Å². The highest BCUT2D eigenvalue weighted by Gasteiger charge is 2.11. The molecule has 0 aromatic heterocycles. The number of aromatic hydroxyl groups is 1. The molecule has 142 valence electrons. The number of hydrogen-bond acceptors (Lipinski definition) is 5. The summed E-state index contributed by atoms with van der Waals surface area (Å²) < 4.78 is 5.31. The largest absolute Gasteiger partial charge is 0.507 e. The number of anilines is 1. The van der Waals surface area contributed by atoms with Crippen molar-refractivity contribution in [3.63, 3.8) is 0 Å². The number of rotatable bonds is 7. The maximum atomic E-state index is 12.3. The van der Waals surface area contributed by atoms with Crippen molar-refractivity contribution in [2.75, 3.05) is 18.0 Å². The van der Waals surface area contributed by atoms with Crippen LogP contribution < -0.4 is 15.4 Å². The first kappa shape index (κ1) is 20.0. The molecule has 27 heavy (non-hydrogen) atoms. The maximum Gasteiger partial charge on any atom is 0.339 e. The molecule has 0 saturated heterocycles. The quantitative estimate of drug-likeness (QED) is 0.229. The van der Waals surface area contributed by atoms with Crippen molar-refractivity contribution in [3.8, 4) is 11.5 Å². The van der Waals surface area contributed by atoms with Crippen LogP contribution >= 0.6 is 0 Å². The second-order valence-electron chi connectivity index (χ2n) is 6.07. The minimum Gasteiger partial charge on any atom is -0.507 e. The van der Waals surface area contributed by atoms with Crippen LogP contribution in [0.25, 0.3) is 6.08 Å². The zero-order chi connectivity index (χ0) is 20.0. The van der Waals surface area contributed by atoms with Crippen LogP contribution in [-0.2, 0) is 4.79 Å². The van der Waals surface area contributed by atoms with Crippen molar-refractivity contribution in [2.24, 2.45) is 5.73 Å². The molecule has 0 radical (unpaired) electrons. The van der Waals surface area contributed by atoms with Crippen molar-refractivity contribution in [1.29, 1.82) is 5.41 Å². The van der Waals surface area contributed by atoms with Gasteiger partial charge >= 0.3 is 5.97 Å². The van der Waals surface area contributed by atoms with Crippen LogP contribution in [0.2, 0.25) is 0 Å². The predicted molar refractivity (Wildman–Crippen MR) is 108 cm³/mol. The average molecular weight is 367 g/mol. The highest BCUT2D eigenvalue weighted by molar-refractivity contribution is 5.96. The molecule has 2 aromatic carbocycles. The van der Waals surface area contributed by atoms with Crippen LogP contribution in [0.15, 0.2) is 48.0 Å². The lowest BCUT2D eigenvalue weighted by Gasteiger charge is -2.21. The van der Waals surface area contributed by atoms with E-state index in [9.17, 15) is 9.90 Å². The summed E-state index contributed by atoms with van der Waals surface area (Å²) in [6.07, 6.45) is 1.59. The van der Waals surface area contributed by atoms with Crippen molar-refractivity contribution in [1.82, 2.24) is 0 Å². The number of carbonyl (C=O) groups excluding carboxylic acids is 1. The molecule has 0 heterocycles. The standard InChI is InChI=1S/C21H25N3O3/c1-4-24(5-2)17-9-6-16(19(25)13-17)12-14(3)21(26)27-18-10-7-15(8-11-18)20(22)23/h6-13,25H,4-5H2,1-3H3,(H3,22,23)/b14-12+. The van der Waals surface area contributed by atoms with Gasteiger partial charge < -0.3 is 20.5 Å². The molecular formula is C21H25N3O3. The van der Waals surface area contributed by atoms with E-state index in [1.54, 1.807) is 49.4 Å². The first-order valence-corrected chi connectivity index (χ1v) is 8.78. The average Bonchev–Trinajstić information content (AvgIpc) is 2.65. The molecule has 0 atom stereocenters. The van der Waals surface area contributed by atoms with Crippen LogP contribution in [-0.4, -0.2) is 30.0 Å². The molecule has 0 aliphatic heterocycles. The fourth-order valence-corrected chi connectivity index (χ4v) is 2.62. The Hall–Kier alpha value is -3.28. The van der Waals surface area contributed by atoms with Crippen LogP contribution in [0.3, 0.4) is 0 Å². The third-order valence-corrected chi connectivity index (χ3v) is 4.21. The second-order valence-corrected chi connectivity index (χ2v) is 6.07. The molecule has 0 aliphatic carbocycles. The van der Waals surface area contributed by atoms with Gasteiger partial charge in [-0.25, -0.2) is 4.79 Å². The Labute approximate surface area is 159 Å². The van der Waals surface area contributed by atoms with Crippen molar-refractivity contribution in [2.45, 2.75) is 20.8 Å². The van der Waals surface area contributed by atoms with Crippen molar-refractivity contribution < 1.29 is 14.6 Å². The number of phenolic OH excluding ortho intramolecular Hbond substituents is 1. The summed E-state index contributed by atoms with van der Waals surface area (Å²) in [5.41, 5.74) is 7.79. The van der Waals surface area contributed by atoms with Gasteiger partial charge in [0.25, 0.3) is 0 Å². The van der Waals surface area contributed by atoms with E-state index < -0.39 is 5.97 Å². The van der Waals surface area contributed by atoms with Gasteiger partial charge in [-0.2, -0.15) is 0 Å². The van der Waals surface area contributed by atoms with E-state index in [0.29, 0.717) is 22.4 Å². The summed E-state index contributed by atoms with van der Waals surface area (Å²) in [6, 6.07) is 11.8. The fourth-order valence-electron chi connectivity index (χ4n) is 2.62. The minimum absolute atomic E-state index is 0.0485. The van der Waals surface area contributed by atoms with E-state index in [-0.39, 0.29) is 11.6 Å². The molecule has 6 nitrogen and oxygen atoms in total. The number of nitrogens with zero attached hydrogens (tertiary/aromatic N) is 1. The number of phenols is 1. The lowest BCUT2D eigenvalue weighted by Crippen LogP contribution is -2.21. The number of amidine groups is 1. The maximum absolute atomic E-state index is 12.3. The Morgan fingerprint density at radius 3 is 2.33 bits per heavy atom. The van der Waals surface area contributed by atoms with Gasteiger partial charge in [0.15, 0.2) is 0 Å². The molecule has 2 aromatic rings. The summed E-state index contributed by atoms with van der Waals surface area (Å²) in [5, 5.41) is 17.6. The zero-order valence-corrected chi connectivity index (χ0v) is 15.8. The fraction of sp³-hybridized carbons (Fsp3) is 0.238. The summed E-state index contributed by atoms with van der Waals surface area (Å²) in [6.45, 7) is 7.43. The Morgan fingerprint density at radius 1 is 1.19 bits per heavy atom. The molecule has 0 saturated carbocycles. The normalized spacial score (nSPS) is 11.1. The first-order valence-electron chi connectivity index (χ1n) is 8.78. The molecule has 6 heteroatoms. The van der Waals surface area contributed by atoms with Crippen LogP contribution in [0.5, 0.6) is 11.5 Å². The van der Waals surface area contributed by atoms with E-state index in [1.807, 2.05) is 6.07 Å². The SMILES string of the molecule is CCN(CC)c1ccc(/C=C(\C)C(=O)Oc2ccc(C(=N)N)cc2)c(O)c1. The number of esters is 1. The summed E-state index contributed by atoms with van der Waals surface area (Å²) in [7, 11) is 0. The Kier molecular flexibility index (Phi) is 6.60. The van der Waals surface area contributed by atoms with Gasteiger partial charge in [-0.3, -0.25) is 5.41 Å². The van der Waals surface area contributed by atoms with Gasteiger partial charge in [0.05, 0.1) is 0 Å². The van der Waals surface area contributed by atoms with E-state index in [0.717, 1.165) is 18.8 Å². The van der Waals surface area contributed by atoms with Crippen LogP contribution in [0.4, 0.5) is 5.69 Å².